The van der Waals surface area contributed by atoms with Crippen LogP contribution in [0.3, 0.4) is 0 Å². The zero-order chi connectivity index (χ0) is 13.1. The summed E-state index contributed by atoms with van der Waals surface area (Å²) in [6.07, 6.45) is 1.68. The first kappa shape index (κ1) is 12.9. The number of benzene rings is 1. The molecule has 0 spiro atoms. The molecule has 0 aliphatic rings. The molecule has 0 saturated carbocycles. The molecule has 1 aromatic heterocycles. The van der Waals surface area contributed by atoms with Gasteiger partial charge in [-0.15, -0.1) is 0 Å². The fourth-order valence-electron chi connectivity index (χ4n) is 1.68. The second-order valence-corrected chi connectivity index (χ2v) is 4.78. The van der Waals surface area contributed by atoms with Crippen LogP contribution in [0.4, 0.5) is 0 Å². The Morgan fingerprint density at radius 3 is 2.44 bits per heavy atom. The van der Waals surface area contributed by atoms with Crippen molar-refractivity contribution in [2.45, 2.75) is 13.8 Å². The zero-order valence-electron chi connectivity index (χ0n) is 10.5. The van der Waals surface area contributed by atoms with Gasteiger partial charge < -0.3 is 9.47 Å². The first-order valence-corrected chi connectivity index (χ1v) is 6.34. The van der Waals surface area contributed by atoms with E-state index >= 15 is 0 Å². The van der Waals surface area contributed by atoms with Gasteiger partial charge in [-0.25, -0.2) is 4.98 Å². The monoisotopic (exact) mass is 307 g/mol. The molecule has 0 aliphatic heterocycles. The number of halogens is 1. The van der Waals surface area contributed by atoms with Gasteiger partial charge in [-0.1, -0.05) is 15.9 Å². The molecule has 2 rings (SSSR count). The Morgan fingerprint density at radius 2 is 1.83 bits per heavy atom. The van der Waals surface area contributed by atoms with Crippen LogP contribution < -0.4 is 9.47 Å². The number of ether oxygens (including phenoxy) is 2. The molecule has 0 N–H and O–H groups in total. The second-order valence-electron chi connectivity index (χ2n) is 3.98. The summed E-state index contributed by atoms with van der Waals surface area (Å²) < 4.78 is 12.1. The van der Waals surface area contributed by atoms with Gasteiger partial charge in [0.2, 0.25) is 0 Å². The summed E-state index contributed by atoms with van der Waals surface area (Å²) in [5.41, 5.74) is 2.25. The van der Waals surface area contributed by atoms with Crippen LogP contribution >= 0.6 is 15.9 Å². The van der Waals surface area contributed by atoms with Crippen LogP contribution in [0.5, 0.6) is 17.4 Å². The average molecular weight is 308 g/mol. The standard InChI is InChI=1S/C14H14BrNO2/c1-9-7-11(8-10(2)13(9)15)18-14-12(17-3)5-4-6-16-14/h4-8H,1-3H3. The summed E-state index contributed by atoms with van der Waals surface area (Å²) in [5, 5.41) is 0. The van der Waals surface area contributed by atoms with Crippen LogP contribution in [0.15, 0.2) is 34.9 Å². The van der Waals surface area contributed by atoms with Gasteiger partial charge in [-0.2, -0.15) is 0 Å². The normalized spacial score (nSPS) is 10.2. The van der Waals surface area contributed by atoms with E-state index < -0.39 is 0 Å². The van der Waals surface area contributed by atoms with Crippen LogP contribution in [0.2, 0.25) is 0 Å². The lowest BCUT2D eigenvalue weighted by atomic mass is 10.1. The maximum Gasteiger partial charge on any atom is 0.262 e. The zero-order valence-corrected chi connectivity index (χ0v) is 12.1. The van der Waals surface area contributed by atoms with Gasteiger partial charge >= 0.3 is 0 Å². The van der Waals surface area contributed by atoms with Crippen molar-refractivity contribution < 1.29 is 9.47 Å². The Kier molecular flexibility index (Phi) is 3.87. The van der Waals surface area contributed by atoms with Crippen molar-refractivity contribution in [3.63, 3.8) is 0 Å². The Bertz CT molecular complexity index is 546. The molecule has 1 aromatic carbocycles. The van der Waals surface area contributed by atoms with Crippen molar-refractivity contribution in [2.75, 3.05) is 7.11 Å². The largest absolute Gasteiger partial charge is 0.491 e. The maximum atomic E-state index is 5.76. The van der Waals surface area contributed by atoms with Crippen molar-refractivity contribution in [3.8, 4) is 17.4 Å². The predicted molar refractivity (Wildman–Crippen MR) is 74.5 cm³/mol. The molecular formula is C14H14BrNO2. The van der Waals surface area contributed by atoms with E-state index in [0.717, 1.165) is 21.3 Å². The Hall–Kier alpha value is -1.55. The van der Waals surface area contributed by atoms with Gasteiger partial charge in [0.05, 0.1) is 7.11 Å². The van der Waals surface area contributed by atoms with Crippen LogP contribution in [0, 0.1) is 13.8 Å². The Morgan fingerprint density at radius 1 is 1.17 bits per heavy atom. The molecule has 0 atom stereocenters. The van der Waals surface area contributed by atoms with Crippen LogP contribution in [0.1, 0.15) is 11.1 Å². The Balaban J connectivity index is 2.34. The number of methoxy groups -OCH3 is 1. The number of aromatic nitrogens is 1. The van der Waals surface area contributed by atoms with E-state index in [1.165, 1.54) is 0 Å². The van der Waals surface area contributed by atoms with E-state index in [1.807, 2.05) is 38.1 Å². The highest BCUT2D eigenvalue weighted by Gasteiger charge is 2.08. The van der Waals surface area contributed by atoms with E-state index in [0.29, 0.717) is 11.6 Å². The first-order chi connectivity index (χ1) is 8.61. The van der Waals surface area contributed by atoms with E-state index in [2.05, 4.69) is 20.9 Å². The molecule has 0 saturated heterocycles. The van der Waals surface area contributed by atoms with Gasteiger partial charge in [0.15, 0.2) is 5.75 Å². The van der Waals surface area contributed by atoms with Crippen LogP contribution in [-0.2, 0) is 0 Å². The second kappa shape index (κ2) is 5.40. The van der Waals surface area contributed by atoms with E-state index in [-0.39, 0.29) is 0 Å². The smallest absolute Gasteiger partial charge is 0.262 e. The highest BCUT2D eigenvalue weighted by molar-refractivity contribution is 9.10. The lowest BCUT2D eigenvalue weighted by Crippen LogP contribution is -1.94. The summed E-state index contributed by atoms with van der Waals surface area (Å²) in [5.74, 6) is 1.85. The highest BCUT2D eigenvalue weighted by atomic mass is 79.9. The fraction of sp³-hybridized carbons (Fsp3) is 0.214. The SMILES string of the molecule is COc1cccnc1Oc1cc(C)c(Br)c(C)c1. The minimum atomic E-state index is 0.473. The summed E-state index contributed by atoms with van der Waals surface area (Å²) in [6.45, 7) is 4.05. The minimum Gasteiger partial charge on any atom is -0.491 e. The molecule has 2 aromatic rings. The number of rotatable bonds is 3. The van der Waals surface area contributed by atoms with Gasteiger partial charge in [0.1, 0.15) is 5.75 Å². The van der Waals surface area contributed by atoms with Crippen molar-refractivity contribution in [3.05, 3.63) is 46.1 Å². The molecular weight excluding hydrogens is 294 g/mol. The van der Waals surface area contributed by atoms with Gasteiger partial charge in [-0.3, -0.25) is 0 Å². The maximum absolute atomic E-state index is 5.76. The summed E-state index contributed by atoms with van der Waals surface area (Å²) in [4.78, 5) is 4.17. The third-order valence-electron chi connectivity index (χ3n) is 2.58. The molecule has 0 unspecified atom stereocenters. The number of nitrogens with zero attached hydrogens (tertiary/aromatic N) is 1. The fourth-order valence-corrected chi connectivity index (χ4v) is 1.91. The van der Waals surface area contributed by atoms with E-state index in [1.54, 1.807) is 13.3 Å². The van der Waals surface area contributed by atoms with Gasteiger partial charge in [0.25, 0.3) is 5.88 Å². The van der Waals surface area contributed by atoms with Crippen molar-refractivity contribution in [1.29, 1.82) is 0 Å². The number of hydrogen-bond donors (Lipinski definition) is 0. The van der Waals surface area contributed by atoms with Crippen LogP contribution in [-0.4, -0.2) is 12.1 Å². The first-order valence-electron chi connectivity index (χ1n) is 5.55. The van der Waals surface area contributed by atoms with Crippen molar-refractivity contribution >= 4 is 15.9 Å². The number of pyridine rings is 1. The van der Waals surface area contributed by atoms with Crippen LogP contribution in [0.25, 0.3) is 0 Å². The van der Waals surface area contributed by atoms with Gasteiger partial charge in [-0.05, 0) is 49.2 Å². The molecule has 0 radical (unpaired) electrons. The van der Waals surface area contributed by atoms with Gasteiger partial charge in [0, 0.05) is 10.7 Å². The molecule has 1 heterocycles. The molecule has 0 bridgehead atoms. The lowest BCUT2D eigenvalue weighted by molar-refractivity contribution is 0.369. The van der Waals surface area contributed by atoms with Crippen molar-refractivity contribution in [2.24, 2.45) is 0 Å². The molecule has 18 heavy (non-hydrogen) atoms. The summed E-state index contributed by atoms with van der Waals surface area (Å²) in [6, 6.07) is 7.56. The molecule has 0 fully saturated rings. The molecule has 94 valence electrons. The molecule has 0 amide bonds. The third-order valence-corrected chi connectivity index (χ3v) is 3.83. The molecule has 0 aliphatic carbocycles. The molecule has 3 nitrogen and oxygen atoms in total. The Labute approximate surface area is 115 Å². The third kappa shape index (κ3) is 2.64. The average Bonchev–Trinajstić information content (AvgIpc) is 2.36. The number of aryl methyl sites for hydroxylation is 2. The predicted octanol–water partition coefficient (Wildman–Crippen LogP) is 4.26. The quantitative estimate of drug-likeness (QED) is 0.849. The minimum absolute atomic E-state index is 0.473. The van der Waals surface area contributed by atoms with E-state index in [9.17, 15) is 0 Å². The number of hydrogen-bond acceptors (Lipinski definition) is 3. The lowest BCUT2D eigenvalue weighted by Gasteiger charge is -2.11. The van der Waals surface area contributed by atoms with E-state index in [4.69, 9.17) is 9.47 Å². The van der Waals surface area contributed by atoms with Crippen molar-refractivity contribution in [1.82, 2.24) is 4.98 Å². The summed E-state index contributed by atoms with van der Waals surface area (Å²) >= 11 is 3.53. The topological polar surface area (TPSA) is 31.4 Å². The summed E-state index contributed by atoms with van der Waals surface area (Å²) in [7, 11) is 1.60. The highest BCUT2D eigenvalue weighted by Crippen LogP contribution is 2.32. The molecule has 4 heteroatoms.